The number of hydrogen-bond donors (Lipinski definition) is 0. The predicted molar refractivity (Wildman–Crippen MR) is 81.0 cm³/mol. The van der Waals surface area contributed by atoms with Crippen LogP contribution < -0.4 is 4.74 Å². The van der Waals surface area contributed by atoms with Crippen molar-refractivity contribution in [2.75, 3.05) is 12.4 Å². The Hall–Kier alpha value is -0.500. The number of benzene rings is 1. The molecule has 1 aromatic rings. The number of halogens is 1. The second-order valence-corrected chi connectivity index (χ2v) is 6.30. The van der Waals surface area contributed by atoms with Gasteiger partial charge in [-0.05, 0) is 30.4 Å². The van der Waals surface area contributed by atoms with Crippen molar-refractivity contribution < 1.29 is 4.74 Å². The Morgan fingerprint density at radius 3 is 2.44 bits per heavy atom. The number of methoxy groups -OCH3 is 1. The highest BCUT2D eigenvalue weighted by atomic mass is 79.9. The summed E-state index contributed by atoms with van der Waals surface area (Å²) < 4.78 is 5.60. The van der Waals surface area contributed by atoms with Crippen LogP contribution in [0.1, 0.15) is 56.6 Å². The first-order valence-electron chi connectivity index (χ1n) is 6.87. The van der Waals surface area contributed by atoms with E-state index in [1.54, 1.807) is 7.11 Å². The summed E-state index contributed by atoms with van der Waals surface area (Å²) in [7, 11) is 1.78. The van der Waals surface area contributed by atoms with Crippen LogP contribution in [0.5, 0.6) is 5.75 Å². The largest absolute Gasteiger partial charge is 0.496 e. The van der Waals surface area contributed by atoms with Crippen molar-refractivity contribution in [3.05, 3.63) is 29.3 Å². The van der Waals surface area contributed by atoms with E-state index in [9.17, 15) is 0 Å². The van der Waals surface area contributed by atoms with Gasteiger partial charge in [-0.3, -0.25) is 0 Å². The summed E-state index contributed by atoms with van der Waals surface area (Å²) in [5, 5.41) is 1.04. The van der Waals surface area contributed by atoms with Crippen molar-refractivity contribution in [2.45, 2.75) is 50.9 Å². The van der Waals surface area contributed by atoms with Crippen molar-refractivity contribution in [3.8, 4) is 5.75 Å². The third-order valence-electron chi connectivity index (χ3n) is 4.28. The molecule has 1 nitrogen and oxygen atoms in total. The summed E-state index contributed by atoms with van der Waals surface area (Å²) in [5.41, 5.74) is 3.11. The third kappa shape index (κ3) is 2.45. The fraction of sp³-hybridized carbons (Fsp3) is 0.625. The molecule has 0 unspecified atom stereocenters. The smallest absolute Gasteiger partial charge is 0.122 e. The van der Waals surface area contributed by atoms with Crippen LogP contribution in [0.3, 0.4) is 0 Å². The zero-order valence-corrected chi connectivity index (χ0v) is 13.2. The molecule has 0 amide bonds. The molecule has 0 N–H and O–H groups in total. The zero-order valence-electron chi connectivity index (χ0n) is 11.6. The summed E-state index contributed by atoms with van der Waals surface area (Å²) >= 11 is 3.74. The molecule has 0 bridgehead atoms. The van der Waals surface area contributed by atoms with Crippen LogP contribution in [0.25, 0.3) is 0 Å². The first-order chi connectivity index (χ1) is 8.63. The summed E-state index contributed by atoms with van der Waals surface area (Å²) in [5.74, 6) is 1.63. The van der Waals surface area contributed by atoms with Crippen LogP contribution in [0.15, 0.2) is 18.2 Å². The highest BCUT2D eigenvalue weighted by molar-refractivity contribution is 9.09. The minimum Gasteiger partial charge on any atom is -0.496 e. The van der Waals surface area contributed by atoms with E-state index < -0.39 is 0 Å². The molecule has 1 saturated carbocycles. The second kappa shape index (κ2) is 5.64. The lowest BCUT2D eigenvalue weighted by Crippen LogP contribution is -2.25. The highest BCUT2D eigenvalue weighted by Gasteiger charge is 2.37. The molecule has 0 saturated heterocycles. The topological polar surface area (TPSA) is 9.23 Å². The van der Waals surface area contributed by atoms with Crippen molar-refractivity contribution in [1.29, 1.82) is 0 Å². The Morgan fingerprint density at radius 1 is 1.28 bits per heavy atom. The van der Waals surface area contributed by atoms with Gasteiger partial charge in [-0.1, -0.05) is 54.8 Å². The van der Waals surface area contributed by atoms with Gasteiger partial charge in [0.2, 0.25) is 0 Å². The molecule has 0 spiro atoms. The van der Waals surface area contributed by atoms with Gasteiger partial charge in [0.15, 0.2) is 0 Å². The summed E-state index contributed by atoms with van der Waals surface area (Å²) in [4.78, 5) is 0. The van der Waals surface area contributed by atoms with Gasteiger partial charge in [0.1, 0.15) is 5.75 Å². The molecule has 1 aliphatic rings. The first-order valence-corrected chi connectivity index (χ1v) is 7.99. The maximum absolute atomic E-state index is 5.60. The van der Waals surface area contributed by atoms with Crippen molar-refractivity contribution >= 4 is 15.9 Å². The van der Waals surface area contributed by atoms with E-state index >= 15 is 0 Å². The molecule has 0 heterocycles. The fourth-order valence-electron chi connectivity index (χ4n) is 3.03. The van der Waals surface area contributed by atoms with Crippen molar-refractivity contribution in [1.82, 2.24) is 0 Å². The minimum absolute atomic E-state index is 0.288. The van der Waals surface area contributed by atoms with E-state index in [4.69, 9.17) is 4.74 Å². The molecule has 1 aromatic carbocycles. The normalized spacial score (nSPS) is 18.3. The van der Waals surface area contributed by atoms with E-state index in [-0.39, 0.29) is 5.41 Å². The van der Waals surface area contributed by atoms with Gasteiger partial charge in [0.25, 0.3) is 0 Å². The van der Waals surface area contributed by atoms with Crippen LogP contribution >= 0.6 is 15.9 Å². The SMILES string of the molecule is COc1ccc(C(C)C)cc1C1(CBr)CCCC1. The summed E-state index contributed by atoms with van der Waals surface area (Å²) in [6.07, 6.45) is 5.22. The van der Waals surface area contributed by atoms with Crippen molar-refractivity contribution in [3.63, 3.8) is 0 Å². The number of rotatable bonds is 4. The maximum Gasteiger partial charge on any atom is 0.122 e. The molecule has 0 radical (unpaired) electrons. The lowest BCUT2D eigenvalue weighted by Gasteiger charge is -2.30. The van der Waals surface area contributed by atoms with Gasteiger partial charge >= 0.3 is 0 Å². The zero-order chi connectivity index (χ0) is 13.2. The molecule has 0 aromatic heterocycles. The molecule has 100 valence electrons. The Labute approximate surface area is 119 Å². The van der Waals surface area contributed by atoms with Crippen LogP contribution in [0.4, 0.5) is 0 Å². The van der Waals surface area contributed by atoms with Crippen LogP contribution in [-0.2, 0) is 5.41 Å². The molecule has 2 heteroatoms. The van der Waals surface area contributed by atoms with Crippen LogP contribution in [0.2, 0.25) is 0 Å². The molecular weight excluding hydrogens is 288 g/mol. The lowest BCUT2D eigenvalue weighted by molar-refractivity contribution is 0.388. The molecule has 1 aliphatic carbocycles. The van der Waals surface area contributed by atoms with Gasteiger partial charge < -0.3 is 4.74 Å². The standard InChI is InChI=1S/C16H23BrO/c1-12(2)13-6-7-15(18-3)14(10-13)16(11-17)8-4-5-9-16/h6-7,10,12H,4-5,8-9,11H2,1-3H3. The summed E-state index contributed by atoms with van der Waals surface area (Å²) in [6, 6.07) is 6.72. The van der Waals surface area contributed by atoms with E-state index in [2.05, 4.69) is 48.0 Å². The monoisotopic (exact) mass is 310 g/mol. The highest BCUT2D eigenvalue weighted by Crippen LogP contribution is 2.46. The Morgan fingerprint density at radius 2 is 1.94 bits per heavy atom. The van der Waals surface area contributed by atoms with E-state index in [0.29, 0.717) is 5.92 Å². The average molecular weight is 311 g/mol. The number of alkyl halides is 1. The van der Waals surface area contributed by atoms with Gasteiger partial charge in [0.05, 0.1) is 7.11 Å². The molecule has 0 aliphatic heterocycles. The Bertz CT molecular complexity index is 406. The number of ether oxygens (including phenoxy) is 1. The second-order valence-electron chi connectivity index (χ2n) is 5.74. The predicted octanol–water partition coefficient (Wildman–Crippen LogP) is 5.03. The third-order valence-corrected chi connectivity index (χ3v) is 5.35. The van der Waals surface area contributed by atoms with E-state index in [0.717, 1.165) is 11.1 Å². The van der Waals surface area contributed by atoms with Crippen LogP contribution in [-0.4, -0.2) is 12.4 Å². The van der Waals surface area contributed by atoms with Gasteiger partial charge in [-0.15, -0.1) is 0 Å². The Balaban J connectivity index is 2.48. The van der Waals surface area contributed by atoms with E-state index in [1.165, 1.54) is 36.8 Å². The summed E-state index contributed by atoms with van der Waals surface area (Å²) in [6.45, 7) is 4.50. The molecule has 18 heavy (non-hydrogen) atoms. The lowest BCUT2D eigenvalue weighted by atomic mass is 9.79. The van der Waals surface area contributed by atoms with Crippen LogP contribution in [0, 0.1) is 0 Å². The quantitative estimate of drug-likeness (QED) is 0.709. The Kier molecular flexibility index (Phi) is 4.37. The average Bonchev–Trinajstić information content (AvgIpc) is 2.87. The molecule has 2 rings (SSSR count). The molecular formula is C16H23BrO. The van der Waals surface area contributed by atoms with Gasteiger partial charge in [0, 0.05) is 16.3 Å². The fourth-order valence-corrected chi connectivity index (χ4v) is 3.89. The van der Waals surface area contributed by atoms with Gasteiger partial charge in [-0.25, -0.2) is 0 Å². The maximum atomic E-state index is 5.60. The van der Waals surface area contributed by atoms with Crippen molar-refractivity contribution in [2.24, 2.45) is 0 Å². The number of hydrogen-bond acceptors (Lipinski definition) is 1. The van der Waals surface area contributed by atoms with Gasteiger partial charge in [-0.2, -0.15) is 0 Å². The minimum atomic E-state index is 0.288. The molecule has 0 atom stereocenters. The molecule has 1 fully saturated rings. The van der Waals surface area contributed by atoms with E-state index in [1.807, 2.05) is 0 Å². The first kappa shape index (κ1) is 13.9.